The van der Waals surface area contributed by atoms with Gasteiger partial charge < -0.3 is 5.11 Å². The van der Waals surface area contributed by atoms with Crippen LogP contribution in [0.1, 0.15) is 5.56 Å². The molecule has 2 N–H and O–H groups in total. The molecule has 7 heteroatoms. The summed E-state index contributed by atoms with van der Waals surface area (Å²) >= 11 is 5.87. The van der Waals surface area contributed by atoms with Gasteiger partial charge in [-0.15, -0.1) is 0 Å². The van der Waals surface area contributed by atoms with E-state index in [1.165, 1.54) is 30.3 Å². The maximum Gasteiger partial charge on any atom is 0.263 e. The zero-order valence-electron chi connectivity index (χ0n) is 10.0. The van der Waals surface area contributed by atoms with Gasteiger partial charge in [0, 0.05) is 0 Å². The van der Waals surface area contributed by atoms with Crippen LogP contribution in [0, 0.1) is 11.3 Å². The van der Waals surface area contributed by atoms with E-state index in [9.17, 15) is 13.5 Å². The Morgan fingerprint density at radius 1 is 1.20 bits per heavy atom. The summed E-state index contributed by atoms with van der Waals surface area (Å²) in [6.07, 6.45) is 0. The molecule has 2 aromatic carbocycles. The Bertz CT molecular complexity index is 798. The van der Waals surface area contributed by atoms with Crippen LogP contribution in [0.3, 0.4) is 0 Å². The quantitative estimate of drug-likeness (QED) is 0.853. The number of rotatable bonds is 3. The maximum absolute atomic E-state index is 12.2. The second kappa shape index (κ2) is 5.41. The first-order valence-corrected chi connectivity index (χ1v) is 7.30. The van der Waals surface area contributed by atoms with Crippen LogP contribution in [0.15, 0.2) is 47.4 Å². The van der Waals surface area contributed by atoms with E-state index < -0.39 is 10.0 Å². The van der Waals surface area contributed by atoms with Crippen molar-refractivity contribution in [1.29, 1.82) is 5.26 Å². The SMILES string of the molecule is N#Cc1ccc(S(=O)(=O)Nc2ccccc2O)c(Cl)c1. The van der Waals surface area contributed by atoms with Gasteiger partial charge in [0.1, 0.15) is 10.6 Å². The Labute approximate surface area is 121 Å². The van der Waals surface area contributed by atoms with Crippen molar-refractivity contribution in [1.82, 2.24) is 0 Å². The molecule has 0 aromatic heterocycles. The summed E-state index contributed by atoms with van der Waals surface area (Å²) in [5.74, 6) is -0.194. The third-order valence-corrected chi connectivity index (χ3v) is 4.35. The van der Waals surface area contributed by atoms with E-state index in [4.69, 9.17) is 16.9 Å². The van der Waals surface area contributed by atoms with E-state index in [2.05, 4.69) is 4.72 Å². The topological polar surface area (TPSA) is 90.2 Å². The average Bonchev–Trinajstić information content (AvgIpc) is 2.40. The first kappa shape index (κ1) is 14.2. The Hall–Kier alpha value is -2.23. The standard InChI is InChI=1S/C13H9ClN2O3S/c14-10-7-9(8-15)5-6-13(10)20(18,19)16-11-3-1-2-4-12(11)17/h1-7,16-17H. The minimum atomic E-state index is -3.94. The molecule has 0 amide bonds. The summed E-state index contributed by atoms with van der Waals surface area (Å²) in [6, 6.07) is 11.7. The summed E-state index contributed by atoms with van der Waals surface area (Å²) in [5.41, 5.74) is 0.310. The molecule has 0 aliphatic carbocycles. The molecule has 20 heavy (non-hydrogen) atoms. The number of aromatic hydroxyl groups is 1. The lowest BCUT2D eigenvalue weighted by Gasteiger charge is -2.10. The molecule has 0 spiro atoms. The van der Waals surface area contributed by atoms with Gasteiger partial charge in [-0.2, -0.15) is 5.26 Å². The first-order valence-electron chi connectivity index (χ1n) is 5.44. The number of para-hydroxylation sites is 2. The number of hydrogen-bond donors (Lipinski definition) is 2. The highest BCUT2D eigenvalue weighted by molar-refractivity contribution is 7.92. The lowest BCUT2D eigenvalue weighted by Crippen LogP contribution is -2.13. The van der Waals surface area contributed by atoms with Crippen molar-refractivity contribution in [2.24, 2.45) is 0 Å². The van der Waals surface area contributed by atoms with Crippen LogP contribution in [0.25, 0.3) is 0 Å². The summed E-state index contributed by atoms with van der Waals surface area (Å²) < 4.78 is 26.6. The third kappa shape index (κ3) is 2.85. The van der Waals surface area contributed by atoms with Crippen molar-refractivity contribution >= 4 is 27.3 Å². The zero-order valence-corrected chi connectivity index (χ0v) is 11.6. The molecule has 0 saturated carbocycles. The van der Waals surface area contributed by atoms with Gasteiger partial charge in [-0.05, 0) is 30.3 Å². The number of anilines is 1. The fourth-order valence-corrected chi connectivity index (χ4v) is 3.17. The molecular formula is C13H9ClN2O3S. The fourth-order valence-electron chi connectivity index (χ4n) is 1.55. The molecule has 0 saturated heterocycles. The van der Waals surface area contributed by atoms with Crippen molar-refractivity contribution in [2.45, 2.75) is 4.90 Å². The van der Waals surface area contributed by atoms with E-state index in [-0.39, 0.29) is 26.9 Å². The van der Waals surface area contributed by atoms with Gasteiger partial charge in [0.25, 0.3) is 10.0 Å². The highest BCUT2D eigenvalue weighted by Crippen LogP contribution is 2.28. The Morgan fingerprint density at radius 2 is 1.90 bits per heavy atom. The molecule has 5 nitrogen and oxygen atoms in total. The summed E-state index contributed by atoms with van der Waals surface area (Å²) in [4.78, 5) is -0.165. The Kier molecular flexibility index (Phi) is 3.84. The summed E-state index contributed by atoms with van der Waals surface area (Å²) in [6.45, 7) is 0. The van der Waals surface area contributed by atoms with Gasteiger partial charge in [0.2, 0.25) is 0 Å². The Morgan fingerprint density at radius 3 is 2.50 bits per heavy atom. The number of halogens is 1. The molecule has 0 atom stereocenters. The number of nitriles is 1. The summed E-state index contributed by atoms with van der Waals surface area (Å²) in [7, 11) is -3.94. The van der Waals surface area contributed by atoms with Crippen LogP contribution in [-0.4, -0.2) is 13.5 Å². The van der Waals surface area contributed by atoms with Crippen molar-refractivity contribution in [3.63, 3.8) is 0 Å². The highest BCUT2D eigenvalue weighted by Gasteiger charge is 2.19. The number of hydrogen-bond acceptors (Lipinski definition) is 4. The molecule has 2 aromatic rings. The van der Waals surface area contributed by atoms with Crippen molar-refractivity contribution in [3.05, 3.63) is 53.1 Å². The Balaban J connectivity index is 2.42. The first-order chi connectivity index (χ1) is 9.44. The van der Waals surface area contributed by atoms with Gasteiger partial charge in [0.15, 0.2) is 0 Å². The van der Waals surface area contributed by atoms with Crippen molar-refractivity contribution in [2.75, 3.05) is 4.72 Å². The number of phenols is 1. The smallest absolute Gasteiger partial charge is 0.263 e. The molecule has 2 rings (SSSR count). The van der Waals surface area contributed by atoms with Crippen LogP contribution >= 0.6 is 11.6 Å². The average molecular weight is 309 g/mol. The number of phenolic OH excluding ortho intramolecular Hbond substituents is 1. The highest BCUT2D eigenvalue weighted by atomic mass is 35.5. The van der Waals surface area contributed by atoms with E-state index in [1.807, 2.05) is 6.07 Å². The molecular weight excluding hydrogens is 300 g/mol. The van der Waals surface area contributed by atoms with Crippen molar-refractivity contribution in [3.8, 4) is 11.8 Å². The predicted octanol–water partition coefficient (Wildman–Crippen LogP) is 2.72. The third-order valence-electron chi connectivity index (χ3n) is 2.50. The maximum atomic E-state index is 12.2. The molecule has 0 unspecified atom stereocenters. The predicted molar refractivity (Wildman–Crippen MR) is 75.1 cm³/mol. The molecule has 0 bridgehead atoms. The summed E-state index contributed by atoms with van der Waals surface area (Å²) in [5, 5.41) is 18.2. The number of nitrogens with zero attached hydrogens (tertiary/aromatic N) is 1. The minimum absolute atomic E-state index is 0.0490. The monoisotopic (exact) mass is 308 g/mol. The molecule has 102 valence electrons. The van der Waals surface area contributed by atoms with Crippen LogP contribution in [-0.2, 0) is 10.0 Å². The van der Waals surface area contributed by atoms with E-state index in [0.717, 1.165) is 0 Å². The van der Waals surface area contributed by atoms with Crippen molar-refractivity contribution < 1.29 is 13.5 Å². The van der Waals surface area contributed by atoms with Crippen LogP contribution < -0.4 is 4.72 Å². The lowest BCUT2D eigenvalue weighted by atomic mass is 10.2. The number of benzene rings is 2. The molecule has 0 fully saturated rings. The van der Waals surface area contributed by atoms with Gasteiger partial charge in [0.05, 0.1) is 22.3 Å². The molecule has 0 radical (unpaired) electrons. The normalized spacial score (nSPS) is 10.8. The van der Waals surface area contributed by atoms with Gasteiger partial charge in [-0.25, -0.2) is 8.42 Å². The van der Waals surface area contributed by atoms with Gasteiger partial charge >= 0.3 is 0 Å². The largest absolute Gasteiger partial charge is 0.506 e. The van der Waals surface area contributed by atoms with Crippen LogP contribution in [0.2, 0.25) is 5.02 Å². The fraction of sp³-hybridized carbons (Fsp3) is 0. The number of sulfonamides is 1. The van der Waals surface area contributed by atoms with Crippen LogP contribution in [0.4, 0.5) is 5.69 Å². The molecule has 0 aliphatic heterocycles. The van der Waals surface area contributed by atoms with Crippen LogP contribution in [0.5, 0.6) is 5.75 Å². The number of nitrogens with one attached hydrogen (secondary N) is 1. The molecule has 0 aliphatic rings. The second-order valence-corrected chi connectivity index (χ2v) is 5.94. The van der Waals surface area contributed by atoms with E-state index in [1.54, 1.807) is 12.1 Å². The molecule has 0 heterocycles. The minimum Gasteiger partial charge on any atom is -0.506 e. The second-order valence-electron chi connectivity index (χ2n) is 3.88. The van der Waals surface area contributed by atoms with E-state index >= 15 is 0 Å². The van der Waals surface area contributed by atoms with Gasteiger partial charge in [-0.3, -0.25) is 4.72 Å². The lowest BCUT2D eigenvalue weighted by molar-refractivity contribution is 0.477. The zero-order chi connectivity index (χ0) is 14.8. The van der Waals surface area contributed by atoms with E-state index in [0.29, 0.717) is 0 Å². The van der Waals surface area contributed by atoms with Gasteiger partial charge in [-0.1, -0.05) is 23.7 Å².